The number of carbonyl (C=O) groups is 4. The van der Waals surface area contributed by atoms with Crippen molar-refractivity contribution >= 4 is 45.3 Å². The maximum absolute atomic E-state index is 13.3. The predicted octanol–water partition coefficient (Wildman–Crippen LogP) is 7.57. The Morgan fingerprint density at radius 1 is 0.614 bits per heavy atom. The van der Waals surface area contributed by atoms with E-state index in [1.807, 2.05) is 0 Å². The van der Waals surface area contributed by atoms with Crippen molar-refractivity contribution in [2.75, 3.05) is 0 Å². The van der Waals surface area contributed by atoms with Crippen LogP contribution in [0.5, 0.6) is 0 Å². The van der Waals surface area contributed by atoms with E-state index in [2.05, 4.69) is 10.6 Å². The largest absolute Gasteiger partial charge is 0.480 e. The molecule has 0 unspecified atom stereocenters. The molecule has 0 heterocycles. The Balaban J connectivity index is 1.37. The molecule has 8 nitrogen and oxygen atoms in total. The van der Waals surface area contributed by atoms with Gasteiger partial charge in [0.05, 0.1) is 11.1 Å². The number of carboxylic acids is 2. The summed E-state index contributed by atoms with van der Waals surface area (Å²) in [6, 6.07) is 12.1. The van der Waals surface area contributed by atoms with E-state index in [0.717, 1.165) is 38.5 Å². The van der Waals surface area contributed by atoms with Crippen LogP contribution in [0.25, 0.3) is 0 Å². The van der Waals surface area contributed by atoms with Crippen molar-refractivity contribution in [1.82, 2.24) is 10.6 Å². The lowest BCUT2D eigenvalue weighted by Crippen LogP contribution is -2.41. The van der Waals surface area contributed by atoms with Crippen LogP contribution in [-0.4, -0.2) is 46.0 Å². The first-order valence-electron chi connectivity index (χ1n) is 15.9. The van der Waals surface area contributed by atoms with Crippen molar-refractivity contribution < 1.29 is 29.4 Å². The van der Waals surface area contributed by atoms with Crippen molar-refractivity contribution in [3.05, 3.63) is 59.7 Å². The molecule has 0 bridgehead atoms. The third-order valence-corrected chi connectivity index (χ3v) is 11.3. The number of carbonyl (C=O) groups excluding carboxylic acids is 2. The van der Waals surface area contributed by atoms with E-state index in [9.17, 15) is 29.4 Å². The predicted molar refractivity (Wildman–Crippen MR) is 174 cm³/mol. The number of benzene rings is 2. The second-order valence-corrected chi connectivity index (χ2v) is 14.3. The number of hydrogen-bond donors (Lipinski definition) is 4. The minimum Gasteiger partial charge on any atom is -0.480 e. The molecular formula is C34H44N2O6S2. The number of rotatable bonds is 15. The quantitative estimate of drug-likeness (QED) is 0.147. The van der Waals surface area contributed by atoms with E-state index in [-0.39, 0.29) is 0 Å². The van der Waals surface area contributed by atoms with E-state index in [1.165, 1.54) is 60.1 Å². The highest BCUT2D eigenvalue weighted by molar-refractivity contribution is 8.76. The van der Waals surface area contributed by atoms with Crippen molar-refractivity contribution in [1.29, 1.82) is 0 Å². The van der Waals surface area contributed by atoms with Gasteiger partial charge in [-0.3, -0.25) is 9.59 Å². The average molecular weight is 641 g/mol. The Bertz CT molecular complexity index is 1180. The van der Waals surface area contributed by atoms with Gasteiger partial charge in [-0.25, -0.2) is 9.59 Å². The number of aliphatic carboxylic acids is 2. The molecule has 2 saturated carbocycles. The molecule has 2 atom stereocenters. The van der Waals surface area contributed by atoms with Gasteiger partial charge in [-0.05, 0) is 61.8 Å². The second kappa shape index (κ2) is 17.5. The van der Waals surface area contributed by atoms with Gasteiger partial charge in [0.1, 0.15) is 12.1 Å². The fourth-order valence-corrected chi connectivity index (χ4v) is 8.65. The van der Waals surface area contributed by atoms with Gasteiger partial charge >= 0.3 is 11.9 Å². The summed E-state index contributed by atoms with van der Waals surface area (Å²) in [5, 5.41) is 25.1. The fourth-order valence-electron chi connectivity index (χ4n) is 6.29. The van der Waals surface area contributed by atoms with Crippen molar-refractivity contribution in [2.24, 2.45) is 11.8 Å². The molecule has 2 aliphatic carbocycles. The maximum atomic E-state index is 13.3. The Morgan fingerprint density at radius 2 is 0.977 bits per heavy atom. The topological polar surface area (TPSA) is 133 Å². The van der Waals surface area contributed by atoms with E-state index in [0.29, 0.717) is 45.6 Å². The Hall–Kier alpha value is -2.98. The molecule has 44 heavy (non-hydrogen) atoms. The zero-order chi connectivity index (χ0) is 31.3. The van der Waals surface area contributed by atoms with Crippen LogP contribution in [0.15, 0.2) is 58.3 Å². The van der Waals surface area contributed by atoms with E-state index >= 15 is 0 Å². The molecule has 2 fully saturated rings. The van der Waals surface area contributed by atoms with Gasteiger partial charge in [-0.2, -0.15) is 0 Å². The summed E-state index contributed by atoms with van der Waals surface area (Å²) in [5.41, 5.74) is 0.731. The molecule has 4 N–H and O–H groups in total. The first-order valence-corrected chi connectivity index (χ1v) is 18.1. The van der Waals surface area contributed by atoms with Gasteiger partial charge in [-0.15, -0.1) is 0 Å². The van der Waals surface area contributed by atoms with Crippen LogP contribution >= 0.6 is 21.6 Å². The zero-order valence-electron chi connectivity index (χ0n) is 25.2. The Kier molecular flexibility index (Phi) is 13.5. The van der Waals surface area contributed by atoms with Crippen LogP contribution in [0.1, 0.15) is 111 Å². The standard InChI is InChI=1S/C34H44N2O6S2/c37-31(35-27(33(39)40)21-19-23-11-3-1-4-12-23)25-15-7-9-17-29(25)43-44-30-18-10-8-16-26(30)32(38)36-28(34(41)42)22-20-24-13-5-2-6-14-24/h7-10,15-18,23-24,27-28H,1-6,11-14,19-22H2,(H,35,37)(H,36,38)(H,39,40)(H,41,42)/t27-,28-/m0/s1. The third kappa shape index (κ3) is 10.3. The summed E-state index contributed by atoms with van der Waals surface area (Å²) in [7, 11) is 2.60. The molecule has 0 saturated heterocycles. The van der Waals surface area contributed by atoms with Crippen LogP contribution in [0, 0.1) is 11.8 Å². The van der Waals surface area contributed by atoms with Crippen LogP contribution in [0.3, 0.4) is 0 Å². The number of hydrogen-bond acceptors (Lipinski definition) is 6. The second-order valence-electron chi connectivity index (χ2n) is 12.1. The third-order valence-electron chi connectivity index (χ3n) is 8.87. The summed E-state index contributed by atoms with van der Waals surface area (Å²) in [5.74, 6) is -1.93. The van der Waals surface area contributed by atoms with E-state index in [4.69, 9.17) is 0 Å². The molecule has 238 valence electrons. The van der Waals surface area contributed by atoms with Crippen LogP contribution in [-0.2, 0) is 9.59 Å². The first kappa shape index (κ1) is 33.9. The number of amides is 2. The van der Waals surface area contributed by atoms with Gasteiger partial charge < -0.3 is 20.8 Å². The average Bonchev–Trinajstić information content (AvgIpc) is 3.04. The summed E-state index contributed by atoms with van der Waals surface area (Å²) in [6.07, 6.45) is 14.0. The first-order chi connectivity index (χ1) is 21.3. The highest BCUT2D eigenvalue weighted by Crippen LogP contribution is 2.40. The lowest BCUT2D eigenvalue weighted by molar-refractivity contribution is -0.140. The van der Waals surface area contributed by atoms with Gasteiger partial charge in [0.15, 0.2) is 0 Å². The minimum absolute atomic E-state index is 0.365. The lowest BCUT2D eigenvalue weighted by Gasteiger charge is -2.23. The highest BCUT2D eigenvalue weighted by atomic mass is 33.1. The maximum Gasteiger partial charge on any atom is 0.326 e. The van der Waals surface area contributed by atoms with Crippen LogP contribution in [0.4, 0.5) is 0 Å². The molecule has 2 aromatic carbocycles. The van der Waals surface area contributed by atoms with E-state index in [1.54, 1.807) is 48.5 Å². The van der Waals surface area contributed by atoms with Crippen molar-refractivity contribution in [2.45, 2.75) is 112 Å². The zero-order valence-corrected chi connectivity index (χ0v) is 26.8. The van der Waals surface area contributed by atoms with E-state index < -0.39 is 35.8 Å². The molecule has 0 radical (unpaired) electrons. The molecule has 2 amide bonds. The molecule has 4 rings (SSSR count). The normalized spacial score (nSPS) is 17.4. The summed E-state index contributed by atoms with van der Waals surface area (Å²) in [4.78, 5) is 51.8. The molecule has 2 aromatic rings. The lowest BCUT2D eigenvalue weighted by atomic mass is 9.85. The monoisotopic (exact) mass is 640 g/mol. The minimum atomic E-state index is -1.04. The highest BCUT2D eigenvalue weighted by Gasteiger charge is 2.26. The van der Waals surface area contributed by atoms with Gasteiger partial charge in [0, 0.05) is 9.79 Å². The molecule has 0 spiro atoms. The fraction of sp³-hybridized carbons (Fsp3) is 0.529. The van der Waals surface area contributed by atoms with Crippen LogP contribution in [0.2, 0.25) is 0 Å². The summed E-state index contributed by atoms with van der Waals surface area (Å²) in [6.45, 7) is 0. The van der Waals surface area contributed by atoms with Crippen LogP contribution < -0.4 is 10.6 Å². The molecule has 2 aliphatic rings. The molecule has 0 aromatic heterocycles. The molecule has 10 heteroatoms. The molecule has 0 aliphatic heterocycles. The number of nitrogens with one attached hydrogen (secondary N) is 2. The van der Waals surface area contributed by atoms with Gasteiger partial charge in [0.25, 0.3) is 11.8 Å². The van der Waals surface area contributed by atoms with Crippen molar-refractivity contribution in [3.8, 4) is 0 Å². The number of carboxylic acid groups (broad SMARTS) is 2. The Labute approximate surface area is 267 Å². The van der Waals surface area contributed by atoms with Crippen molar-refractivity contribution in [3.63, 3.8) is 0 Å². The summed E-state index contributed by atoms with van der Waals surface area (Å²) < 4.78 is 0. The van der Waals surface area contributed by atoms with Gasteiger partial charge in [0.2, 0.25) is 0 Å². The smallest absolute Gasteiger partial charge is 0.326 e. The SMILES string of the molecule is O=C(N[C@@H](CCC1CCCCC1)C(=O)O)c1ccccc1SSc1ccccc1C(=O)N[C@@H](CCC1CCCCC1)C(=O)O. The Morgan fingerprint density at radius 3 is 1.34 bits per heavy atom. The molecular weight excluding hydrogens is 597 g/mol. The van der Waals surface area contributed by atoms with Gasteiger partial charge in [-0.1, -0.05) is 110 Å². The summed E-state index contributed by atoms with van der Waals surface area (Å²) >= 11 is 0.